The molecule has 5 heterocycles. The first-order chi connectivity index (χ1) is 11.2. The second kappa shape index (κ2) is 6.06. The number of piperidine rings is 3. The van der Waals surface area contributed by atoms with Crippen LogP contribution in [-0.2, 0) is 0 Å². The summed E-state index contributed by atoms with van der Waals surface area (Å²) in [6.45, 7) is 4.61. The average Bonchev–Trinajstić information content (AvgIpc) is 3.09. The van der Waals surface area contributed by atoms with E-state index in [4.69, 9.17) is 0 Å². The van der Waals surface area contributed by atoms with Crippen LogP contribution >= 0.6 is 11.3 Å². The largest absolute Gasteiger partial charge is 0.347 e. The van der Waals surface area contributed by atoms with Crippen molar-refractivity contribution in [3.8, 4) is 10.4 Å². The number of amides is 1. The average molecular weight is 327 g/mol. The van der Waals surface area contributed by atoms with Gasteiger partial charge in [-0.05, 0) is 68.6 Å². The van der Waals surface area contributed by atoms with Crippen LogP contribution < -0.4 is 5.32 Å². The fourth-order valence-corrected chi connectivity index (χ4v) is 4.81. The highest BCUT2D eigenvalue weighted by Gasteiger charge is 2.40. The first-order valence-corrected chi connectivity index (χ1v) is 9.09. The third kappa shape index (κ3) is 2.79. The molecule has 120 valence electrons. The van der Waals surface area contributed by atoms with Gasteiger partial charge in [0.15, 0.2) is 0 Å². The van der Waals surface area contributed by atoms with E-state index in [1.54, 1.807) is 23.7 Å². The van der Waals surface area contributed by atoms with Crippen molar-refractivity contribution in [2.45, 2.75) is 31.8 Å². The van der Waals surface area contributed by atoms with E-state index in [2.05, 4.69) is 22.1 Å². The fourth-order valence-electron chi connectivity index (χ4n) is 3.90. The quantitative estimate of drug-likeness (QED) is 0.942. The van der Waals surface area contributed by atoms with Crippen molar-refractivity contribution in [3.05, 3.63) is 41.5 Å². The van der Waals surface area contributed by atoms with Gasteiger partial charge in [-0.1, -0.05) is 0 Å². The lowest BCUT2D eigenvalue weighted by Crippen LogP contribution is -2.62. The Bertz CT molecular complexity index is 689. The highest BCUT2D eigenvalue weighted by Crippen LogP contribution is 2.33. The van der Waals surface area contributed by atoms with E-state index < -0.39 is 0 Å². The van der Waals surface area contributed by atoms with Crippen LogP contribution in [0.2, 0.25) is 0 Å². The molecular weight excluding hydrogens is 306 g/mol. The highest BCUT2D eigenvalue weighted by atomic mass is 32.1. The number of pyridine rings is 1. The first kappa shape index (κ1) is 14.8. The second-order valence-corrected chi connectivity index (χ2v) is 7.60. The summed E-state index contributed by atoms with van der Waals surface area (Å²) in [5.74, 6) is 0.708. The van der Waals surface area contributed by atoms with Crippen molar-refractivity contribution < 1.29 is 4.79 Å². The van der Waals surface area contributed by atoms with Crippen LogP contribution in [-0.4, -0.2) is 41.0 Å². The lowest BCUT2D eigenvalue weighted by atomic mass is 9.79. The highest BCUT2D eigenvalue weighted by molar-refractivity contribution is 7.17. The summed E-state index contributed by atoms with van der Waals surface area (Å²) in [5, 5.41) is 3.30. The summed E-state index contributed by atoms with van der Waals surface area (Å²) in [6.07, 6.45) is 5.98. The van der Waals surface area contributed by atoms with Crippen LogP contribution in [0, 0.1) is 5.92 Å². The van der Waals surface area contributed by atoms with Crippen LogP contribution in [0.1, 0.15) is 29.4 Å². The number of carbonyl (C=O) groups is 1. The van der Waals surface area contributed by atoms with Gasteiger partial charge in [0.2, 0.25) is 0 Å². The monoisotopic (exact) mass is 327 g/mol. The Balaban J connectivity index is 1.49. The van der Waals surface area contributed by atoms with Crippen LogP contribution in [0.15, 0.2) is 36.7 Å². The third-order valence-electron chi connectivity index (χ3n) is 5.27. The minimum Gasteiger partial charge on any atom is -0.347 e. The molecule has 2 bridgehead atoms. The van der Waals surface area contributed by atoms with Gasteiger partial charge in [0.1, 0.15) is 0 Å². The Kier molecular flexibility index (Phi) is 3.91. The van der Waals surface area contributed by atoms with E-state index in [0.717, 1.165) is 15.3 Å². The summed E-state index contributed by atoms with van der Waals surface area (Å²) >= 11 is 1.55. The molecule has 5 heteroatoms. The van der Waals surface area contributed by atoms with Gasteiger partial charge in [-0.25, -0.2) is 0 Å². The zero-order valence-corrected chi connectivity index (χ0v) is 14.1. The number of nitrogens with one attached hydrogen (secondary N) is 1. The first-order valence-electron chi connectivity index (χ1n) is 8.27. The van der Waals surface area contributed by atoms with Gasteiger partial charge in [-0.15, -0.1) is 11.3 Å². The van der Waals surface area contributed by atoms with Crippen molar-refractivity contribution in [1.82, 2.24) is 15.2 Å². The summed E-state index contributed by atoms with van der Waals surface area (Å²) in [7, 11) is 0. The molecule has 3 fully saturated rings. The Labute approximate surface area is 140 Å². The van der Waals surface area contributed by atoms with E-state index in [9.17, 15) is 4.79 Å². The molecule has 3 aliphatic rings. The predicted molar refractivity (Wildman–Crippen MR) is 92.6 cm³/mol. The third-order valence-corrected chi connectivity index (χ3v) is 6.40. The molecule has 0 aromatic carbocycles. The number of hydrogen-bond donors (Lipinski definition) is 1. The van der Waals surface area contributed by atoms with Gasteiger partial charge in [-0.3, -0.25) is 14.7 Å². The number of thiophene rings is 1. The molecule has 2 aromatic rings. The Morgan fingerprint density at radius 3 is 2.65 bits per heavy atom. The molecule has 0 aliphatic carbocycles. The van der Waals surface area contributed by atoms with E-state index in [-0.39, 0.29) is 11.9 Å². The Morgan fingerprint density at radius 2 is 1.96 bits per heavy atom. The number of rotatable bonds is 3. The normalized spacial score (nSPS) is 29.4. The molecule has 3 aliphatic heterocycles. The van der Waals surface area contributed by atoms with Crippen LogP contribution in [0.25, 0.3) is 10.4 Å². The lowest BCUT2D eigenvalue weighted by Gasteiger charge is -2.49. The smallest absolute Gasteiger partial charge is 0.261 e. The summed E-state index contributed by atoms with van der Waals surface area (Å²) in [4.78, 5) is 21.1. The Morgan fingerprint density at radius 1 is 1.22 bits per heavy atom. The predicted octanol–water partition coefficient (Wildman–Crippen LogP) is 3.02. The van der Waals surface area contributed by atoms with Gasteiger partial charge < -0.3 is 5.32 Å². The molecule has 0 spiro atoms. The summed E-state index contributed by atoms with van der Waals surface area (Å²) in [6, 6.07) is 8.64. The van der Waals surface area contributed by atoms with E-state index in [1.807, 2.05) is 24.3 Å². The molecular formula is C18H21N3OS. The van der Waals surface area contributed by atoms with Crippen molar-refractivity contribution in [2.24, 2.45) is 5.92 Å². The number of nitrogens with zero attached hydrogens (tertiary/aromatic N) is 2. The van der Waals surface area contributed by atoms with Crippen LogP contribution in [0.4, 0.5) is 0 Å². The Hall–Kier alpha value is -1.72. The molecule has 0 unspecified atom stereocenters. The van der Waals surface area contributed by atoms with Crippen LogP contribution in [0.3, 0.4) is 0 Å². The van der Waals surface area contributed by atoms with Crippen molar-refractivity contribution >= 4 is 17.2 Å². The van der Waals surface area contributed by atoms with Gasteiger partial charge in [0.05, 0.1) is 4.88 Å². The van der Waals surface area contributed by atoms with E-state index >= 15 is 0 Å². The number of hydrogen-bond acceptors (Lipinski definition) is 4. The number of carbonyl (C=O) groups excluding carboxylic acids is 1. The van der Waals surface area contributed by atoms with Crippen molar-refractivity contribution in [2.75, 3.05) is 13.1 Å². The van der Waals surface area contributed by atoms with Crippen LogP contribution in [0.5, 0.6) is 0 Å². The molecule has 3 saturated heterocycles. The number of aromatic nitrogens is 1. The SMILES string of the molecule is C[C@H]1[C@H](NC(=O)c2ccc(-c3ccncc3)s2)C2CCN1CC2. The van der Waals surface area contributed by atoms with E-state index in [0.29, 0.717) is 12.0 Å². The number of fused-ring (bicyclic) bond motifs is 3. The maximum absolute atomic E-state index is 12.6. The lowest BCUT2D eigenvalue weighted by molar-refractivity contribution is 0.0218. The maximum Gasteiger partial charge on any atom is 0.261 e. The molecule has 2 aromatic heterocycles. The van der Waals surface area contributed by atoms with Crippen molar-refractivity contribution in [1.29, 1.82) is 0 Å². The molecule has 1 amide bonds. The minimum absolute atomic E-state index is 0.0703. The maximum atomic E-state index is 12.6. The zero-order valence-electron chi connectivity index (χ0n) is 13.2. The molecule has 23 heavy (non-hydrogen) atoms. The van der Waals surface area contributed by atoms with Gasteiger partial charge in [0.25, 0.3) is 5.91 Å². The summed E-state index contributed by atoms with van der Waals surface area (Å²) < 4.78 is 0. The molecule has 1 N–H and O–H groups in total. The molecule has 4 nitrogen and oxygen atoms in total. The summed E-state index contributed by atoms with van der Waals surface area (Å²) in [5.41, 5.74) is 1.11. The topological polar surface area (TPSA) is 45.2 Å². The fraction of sp³-hybridized carbons (Fsp3) is 0.444. The standard InChI is InChI=1S/C18H21N3OS/c1-12-17(14-6-10-21(12)11-7-14)20-18(22)16-3-2-15(23-16)13-4-8-19-9-5-13/h2-5,8-9,12,14,17H,6-7,10-11H2,1H3,(H,20,22)/t12-,17-/m0/s1. The van der Waals surface area contributed by atoms with Gasteiger partial charge in [-0.2, -0.15) is 0 Å². The molecule has 0 saturated carbocycles. The van der Waals surface area contributed by atoms with Gasteiger partial charge in [0, 0.05) is 29.4 Å². The van der Waals surface area contributed by atoms with Crippen molar-refractivity contribution in [3.63, 3.8) is 0 Å². The molecule has 2 atom stereocenters. The zero-order chi connectivity index (χ0) is 15.8. The minimum atomic E-state index is 0.0703. The second-order valence-electron chi connectivity index (χ2n) is 6.51. The molecule has 0 radical (unpaired) electrons. The molecule has 5 rings (SSSR count). The van der Waals surface area contributed by atoms with E-state index in [1.165, 1.54) is 25.9 Å². The van der Waals surface area contributed by atoms with Gasteiger partial charge >= 0.3 is 0 Å².